The van der Waals surface area contributed by atoms with Gasteiger partial charge in [0.1, 0.15) is 0 Å². The molecule has 1 N–H and O–H groups in total. The molecule has 1 fully saturated rings. The van der Waals surface area contributed by atoms with Gasteiger partial charge in [0.05, 0.1) is 31.0 Å². The summed E-state index contributed by atoms with van der Waals surface area (Å²) in [5.74, 6) is -0.193. The van der Waals surface area contributed by atoms with Crippen molar-refractivity contribution >= 4 is 28.9 Å². The van der Waals surface area contributed by atoms with Crippen molar-refractivity contribution in [2.45, 2.75) is 13.0 Å². The van der Waals surface area contributed by atoms with Crippen LogP contribution in [0.3, 0.4) is 0 Å². The van der Waals surface area contributed by atoms with Crippen molar-refractivity contribution in [3.05, 3.63) is 51.9 Å². The van der Waals surface area contributed by atoms with Crippen LogP contribution in [0.4, 0.5) is 11.4 Å². The fourth-order valence-electron chi connectivity index (χ4n) is 2.96. The van der Waals surface area contributed by atoms with E-state index in [-0.39, 0.29) is 17.4 Å². The minimum Gasteiger partial charge on any atom is -0.383 e. The number of hydrogen-bond acceptors (Lipinski definition) is 5. The van der Waals surface area contributed by atoms with Crippen LogP contribution in [0.5, 0.6) is 0 Å². The molecule has 0 spiro atoms. The van der Waals surface area contributed by atoms with Crippen molar-refractivity contribution in [3.8, 4) is 0 Å². The van der Waals surface area contributed by atoms with E-state index in [0.29, 0.717) is 37.0 Å². The lowest BCUT2D eigenvalue weighted by atomic mass is 10.1. The normalized spacial score (nSPS) is 16.7. The van der Waals surface area contributed by atoms with Gasteiger partial charge in [-0.2, -0.15) is 5.10 Å². The van der Waals surface area contributed by atoms with Gasteiger partial charge in [-0.3, -0.25) is 9.59 Å². The minimum absolute atomic E-state index is 0.0452. The Balaban J connectivity index is 1.62. The van der Waals surface area contributed by atoms with E-state index in [9.17, 15) is 9.59 Å². The maximum absolute atomic E-state index is 12.5. The predicted octanol–water partition coefficient (Wildman–Crippen LogP) is 2.01. The number of carbonyl (C=O) groups excluding carboxylic acids is 1. The van der Waals surface area contributed by atoms with Crippen LogP contribution < -0.4 is 15.8 Å². The minimum atomic E-state index is -0.175. The number of nitrogens with zero attached hydrogens (tertiary/aromatic N) is 3. The fourth-order valence-corrected chi connectivity index (χ4v) is 3.15. The zero-order chi connectivity index (χ0) is 18.5. The Morgan fingerprint density at radius 1 is 1.42 bits per heavy atom. The smallest absolute Gasteiger partial charge is 0.268 e. The van der Waals surface area contributed by atoms with Gasteiger partial charge in [0.2, 0.25) is 5.91 Å². The fraction of sp³-hybridized carbons (Fsp3) is 0.389. The molecule has 7 nitrogen and oxygen atoms in total. The summed E-state index contributed by atoms with van der Waals surface area (Å²) in [6, 6.07) is 8.63. The van der Waals surface area contributed by atoms with Crippen LogP contribution in [0.2, 0.25) is 5.02 Å². The second-order valence-electron chi connectivity index (χ2n) is 6.20. The number of rotatable bonds is 6. The number of carbonyl (C=O) groups is 1. The lowest BCUT2D eigenvalue weighted by Crippen LogP contribution is -2.29. The number of amides is 1. The number of halogens is 1. The van der Waals surface area contributed by atoms with E-state index in [1.165, 1.54) is 4.68 Å². The molecule has 1 unspecified atom stereocenters. The Kier molecular flexibility index (Phi) is 5.90. The van der Waals surface area contributed by atoms with Crippen molar-refractivity contribution in [2.75, 3.05) is 37.0 Å². The second-order valence-corrected chi connectivity index (χ2v) is 6.64. The third kappa shape index (κ3) is 4.42. The Hall–Kier alpha value is -2.38. The summed E-state index contributed by atoms with van der Waals surface area (Å²) in [5, 5.41) is 7.65. The molecule has 0 saturated carbocycles. The lowest BCUT2D eigenvalue weighted by molar-refractivity contribution is -0.119. The Bertz CT molecular complexity index is 839. The third-order valence-electron chi connectivity index (χ3n) is 4.38. The van der Waals surface area contributed by atoms with E-state index in [2.05, 4.69) is 10.4 Å². The summed E-state index contributed by atoms with van der Waals surface area (Å²) in [6.07, 6.45) is 2.38. The van der Waals surface area contributed by atoms with Gasteiger partial charge in [-0.25, -0.2) is 4.68 Å². The quantitative estimate of drug-likeness (QED) is 0.834. The zero-order valence-corrected chi connectivity index (χ0v) is 15.3. The summed E-state index contributed by atoms with van der Waals surface area (Å²) in [7, 11) is 1.58. The van der Waals surface area contributed by atoms with E-state index in [1.807, 2.05) is 4.90 Å². The highest BCUT2D eigenvalue weighted by Crippen LogP contribution is 2.24. The van der Waals surface area contributed by atoms with Gasteiger partial charge in [0.25, 0.3) is 5.56 Å². The first kappa shape index (κ1) is 18.4. The number of nitrogens with one attached hydrogen (secondary N) is 1. The highest BCUT2D eigenvalue weighted by atomic mass is 35.5. The molecule has 0 aliphatic carbocycles. The van der Waals surface area contributed by atoms with E-state index >= 15 is 0 Å². The maximum Gasteiger partial charge on any atom is 0.268 e. The Morgan fingerprint density at radius 3 is 3.00 bits per heavy atom. The van der Waals surface area contributed by atoms with Crippen LogP contribution in [0.1, 0.15) is 6.42 Å². The zero-order valence-electron chi connectivity index (χ0n) is 14.5. The topological polar surface area (TPSA) is 76.5 Å². The molecule has 2 aromatic rings. The summed E-state index contributed by atoms with van der Waals surface area (Å²) in [5.41, 5.74) is 1.25. The average molecular weight is 377 g/mol. The van der Waals surface area contributed by atoms with E-state index in [1.54, 1.807) is 43.6 Å². The van der Waals surface area contributed by atoms with Crippen molar-refractivity contribution in [1.29, 1.82) is 0 Å². The number of ether oxygens (including phenoxy) is 1. The molecule has 1 atom stereocenters. The molecule has 0 bridgehead atoms. The van der Waals surface area contributed by atoms with E-state index in [0.717, 1.165) is 12.1 Å². The summed E-state index contributed by atoms with van der Waals surface area (Å²) >= 11 is 5.94. The number of benzene rings is 1. The van der Waals surface area contributed by atoms with E-state index < -0.39 is 0 Å². The van der Waals surface area contributed by atoms with Gasteiger partial charge in [0.15, 0.2) is 0 Å². The van der Waals surface area contributed by atoms with Crippen molar-refractivity contribution < 1.29 is 9.53 Å². The van der Waals surface area contributed by atoms with Gasteiger partial charge >= 0.3 is 0 Å². The number of hydrogen-bond donors (Lipinski definition) is 1. The molecule has 1 aliphatic rings. The summed E-state index contributed by atoms with van der Waals surface area (Å²) < 4.78 is 6.33. The second kappa shape index (κ2) is 8.33. The lowest BCUT2D eigenvalue weighted by Gasteiger charge is -2.18. The molecule has 1 aliphatic heterocycles. The average Bonchev–Trinajstić information content (AvgIpc) is 3.11. The third-order valence-corrected chi connectivity index (χ3v) is 4.61. The van der Waals surface area contributed by atoms with Gasteiger partial charge in [-0.05, 0) is 24.6 Å². The largest absolute Gasteiger partial charge is 0.383 e. The van der Waals surface area contributed by atoms with Gasteiger partial charge in [-0.15, -0.1) is 0 Å². The number of anilines is 2. The first-order valence-electron chi connectivity index (χ1n) is 8.44. The van der Waals surface area contributed by atoms with Gasteiger partial charge < -0.3 is 15.0 Å². The van der Waals surface area contributed by atoms with Gasteiger partial charge in [0, 0.05) is 37.0 Å². The molecule has 1 saturated heterocycles. The van der Waals surface area contributed by atoms with Crippen molar-refractivity contribution in [2.24, 2.45) is 5.92 Å². The molecule has 26 heavy (non-hydrogen) atoms. The molecule has 0 radical (unpaired) electrons. The Morgan fingerprint density at radius 2 is 2.27 bits per heavy atom. The Labute approximate surface area is 156 Å². The summed E-state index contributed by atoms with van der Waals surface area (Å²) in [4.78, 5) is 26.6. The monoisotopic (exact) mass is 376 g/mol. The van der Waals surface area contributed by atoms with Gasteiger partial charge in [-0.1, -0.05) is 17.7 Å². The van der Waals surface area contributed by atoms with Crippen LogP contribution in [0.15, 0.2) is 41.3 Å². The summed E-state index contributed by atoms with van der Waals surface area (Å²) in [6.45, 7) is 2.11. The number of methoxy groups -OCH3 is 1. The molecule has 1 aromatic heterocycles. The van der Waals surface area contributed by atoms with Crippen LogP contribution in [-0.4, -0.2) is 42.5 Å². The standard InChI is InChI=1S/C18H21ClN4O3/c1-26-8-7-23-17(24)10-16(11-20-23)22-6-5-13(12-22)18(25)21-15-4-2-3-14(19)9-15/h2-4,9-11,13H,5-8,12H2,1H3,(H,21,25). The molecule has 8 heteroatoms. The molecule has 2 heterocycles. The highest BCUT2D eigenvalue weighted by molar-refractivity contribution is 6.30. The molecule has 3 rings (SSSR count). The molecule has 1 aromatic carbocycles. The van der Waals surface area contributed by atoms with Crippen LogP contribution in [0, 0.1) is 5.92 Å². The predicted molar refractivity (Wildman–Crippen MR) is 101 cm³/mol. The van der Waals surface area contributed by atoms with Crippen molar-refractivity contribution in [1.82, 2.24) is 9.78 Å². The van der Waals surface area contributed by atoms with E-state index in [4.69, 9.17) is 16.3 Å². The van der Waals surface area contributed by atoms with Crippen LogP contribution in [0.25, 0.3) is 0 Å². The first-order chi connectivity index (χ1) is 12.6. The molecule has 1 amide bonds. The highest BCUT2D eigenvalue weighted by Gasteiger charge is 2.29. The molecular weight excluding hydrogens is 356 g/mol. The molecule has 138 valence electrons. The maximum atomic E-state index is 12.5. The van der Waals surface area contributed by atoms with Crippen molar-refractivity contribution in [3.63, 3.8) is 0 Å². The first-order valence-corrected chi connectivity index (χ1v) is 8.82. The molecular formula is C18H21ClN4O3. The SMILES string of the molecule is COCCn1ncc(N2CCC(C(=O)Nc3cccc(Cl)c3)C2)cc1=O. The van der Waals surface area contributed by atoms with Crippen LogP contribution in [-0.2, 0) is 16.1 Å². The van der Waals surface area contributed by atoms with Crippen LogP contribution >= 0.6 is 11.6 Å². The number of aromatic nitrogens is 2.